The highest BCUT2D eigenvalue weighted by Gasteiger charge is 2.20. The van der Waals surface area contributed by atoms with E-state index in [1.807, 2.05) is 0 Å². The standard InChI is InChI=1S/C13H16O6/c1-2-19-9-5-3-8(4-6-11(14)15)10(7-9)12(16)13(17)18/h3,5,7,12,16H,2,4,6H2,1H3,(H,14,15)(H,17,18). The normalized spacial score (nSPS) is 11.9. The van der Waals surface area contributed by atoms with Crippen LogP contribution in [0.25, 0.3) is 0 Å². The number of aliphatic hydroxyl groups excluding tert-OH is 1. The third-order valence-electron chi connectivity index (χ3n) is 2.57. The summed E-state index contributed by atoms with van der Waals surface area (Å²) < 4.78 is 5.24. The SMILES string of the molecule is CCOc1ccc(CCC(=O)O)c(C(O)C(=O)O)c1. The number of hydrogen-bond donors (Lipinski definition) is 3. The van der Waals surface area contributed by atoms with Crippen molar-refractivity contribution in [2.45, 2.75) is 25.9 Å². The first kappa shape index (κ1) is 15.0. The Morgan fingerprint density at radius 2 is 2.00 bits per heavy atom. The molecule has 1 aromatic carbocycles. The summed E-state index contributed by atoms with van der Waals surface area (Å²) in [4.78, 5) is 21.4. The van der Waals surface area contributed by atoms with Crippen molar-refractivity contribution in [3.63, 3.8) is 0 Å². The predicted molar refractivity (Wildman–Crippen MR) is 66.2 cm³/mol. The second-order valence-electron chi connectivity index (χ2n) is 3.93. The molecule has 6 heteroatoms. The second kappa shape index (κ2) is 6.75. The quantitative estimate of drug-likeness (QED) is 0.687. The Kier molecular flexibility index (Phi) is 5.32. The molecule has 0 heterocycles. The summed E-state index contributed by atoms with van der Waals surface area (Å²) in [7, 11) is 0. The lowest BCUT2D eigenvalue weighted by molar-refractivity contribution is -0.147. The summed E-state index contributed by atoms with van der Waals surface area (Å²) in [5, 5.41) is 27.1. The molecule has 0 saturated carbocycles. The van der Waals surface area contributed by atoms with Gasteiger partial charge in [-0.25, -0.2) is 4.79 Å². The summed E-state index contributed by atoms with van der Waals surface area (Å²) >= 11 is 0. The number of benzene rings is 1. The maximum absolute atomic E-state index is 10.9. The highest BCUT2D eigenvalue weighted by Crippen LogP contribution is 2.25. The van der Waals surface area contributed by atoms with Gasteiger partial charge < -0.3 is 20.1 Å². The van der Waals surface area contributed by atoms with Crippen LogP contribution in [0.5, 0.6) is 5.75 Å². The summed E-state index contributed by atoms with van der Waals surface area (Å²) in [5.74, 6) is -1.92. The summed E-state index contributed by atoms with van der Waals surface area (Å²) in [6, 6.07) is 4.63. The van der Waals surface area contributed by atoms with E-state index in [-0.39, 0.29) is 18.4 Å². The van der Waals surface area contributed by atoms with Gasteiger partial charge in [0.15, 0.2) is 6.10 Å². The molecule has 19 heavy (non-hydrogen) atoms. The maximum atomic E-state index is 10.9. The molecule has 3 N–H and O–H groups in total. The molecular weight excluding hydrogens is 252 g/mol. The first-order chi connectivity index (χ1) is 8.95. The lowest BCUT2D eigenvalue weighted by Crippen LogP contribution is -2.13. The van der Waals surface area contributed by atoms with E-state index >= 15 is 0 Å². The predicted octanol–water partition coefficient (Wildman–Crippen LogP) is 1.22. The Hall–Kier alpha value is -2.08. The van der Waals surface area contributed by atoms with E-state index < -0.39 is 18.0 Å². The summed E-state index contributed by atoms with van der Waals surface area (Å²) in [5.41, 5.74) is 0.653. The molecule has 1 aromatic rings. The second-order valence-corrected chi connectivity index (χ2v) is 3.93. The molecule has 0 saturated heterocycles. The number of aryl methyl sites for hydroxylation is 1. The van der Waals surface area contributed by atoms with Crippen molar-refractivity contribution in [1.29, 1.82) is 0 Å². The number of hydrogen-bond acceptors (Lipinski definition) is 4. The minimum absolute atomic E-state index is 0.132. The van der Waals surface area contributed by atoms with Gasteiger partial charge in [-0.05, 0) is 36.6 Å². The van der Waals surface area contributed by atoms with Gasteiger partial charge in [0.25, 0.3) is 0 Å². The van der Waals surface area contributed by atoms with Gasteiger partial charge in [0.2, 0.25) is 0 Å². The van der Waals surface area contributed by atoms with Gasteiger partial charge in [-0.3, -0.25) is 4.79 Å². The lowest BCUT2D eigenvalue weighted by Gasteiger charge is -2.14. The first-order valence-corrected chi connectivity index (χ1v) is 5.84. The van der Waals surface area contributed by atoms with Crippen molar-refractivity contribution in [3.8, 4) is 5.75 Å². The zero-order valence-corrected chi connectivity index (χ0v) is 10.5. The molecule has 104 valence electrons. The van der Waals surface area contributed by atoms with Crippen molar-refractivity contribution < 1.29 is 29.6 Å². The van der Waals surface area contributed by atoms with E-state index in [1.165, 1.54) is 6.07 Å². The third kappa shape index (κ3) is 4.26. The molecule has 1 unspecified atom stereocenters. The van der Waals surface area contributed by atoms with Crippen molar-refractivity contribution >= 4 is 11.9 Å². The van der Waals surface area contributed by atoms with Crippen LogP contribution in [0.15, 0.2) is 18.2 Å². The summed E-state index contributed by atoms with van der Waals surface area (Å²) in [6.45, 7) is 2.20. The van der Waals surface area contributed by atoms with Crippen LogP contribution >= 0.6 is 0 Å². The number of aliphatic hydroxyl groups is 1. The molecule has 0 aromatic heterocycles. The van der Waals surface area contributed by atoms with E-state index in [4.69, 9.17) is 14.9 Å². The van der Waals surface area contributed by atoms with Crippen molar-refractivity contribution in [1.82, 2.24) is 0 Å². The zero-order valence-electron chi connectivity index (χ0n) is 10.5. The monoisotopic (exact) mass is 268 g/mol. The molecule has 0 fully saturated rings. The molecule has 0 aliphatic rings. The fourth-order valence-electron chi connectivity index (χ4n) is 1.69. The fourth-order valence-corrected chi connectivity index (χ4v) is 1.69. The average Bonchev–Trinajstić information content (AvgIpc) is 2.36. The van der Waals surface area contributed by atoms with Crippen LogP contribution in [-0.4, -0.2) is 33.9 Å². The fraction of sp³-hybridized carbons (Fsp3) is 0.385. The van der Waals surface area contributed by atoms with E-state index in [9.17, 15) is 14.7 Å². The Morgan fingerprint density at radius 1 is 1.32 bits per heavy atom. The van der Waals surface area contributed by atoms with Crippen LogP contribution in [-0.2, 0) is 16.0 Å². The highest BCUT2D eigenvalue weighted by molar-refractivity contribution is 5.75. The molecule has 6 nitrogen and oxygen atoms in total. The van der Waals surface area contributed by atoms with Gasteiger partial charge >= 0.3 is 11.9 Å². The molecule has 0 aliphatic heterocycles. The Morgan fingerprint density at radius 3 is 2.53 bits per heavy atom. The highest BCUT2D eigenvalue weighted by atomic mass is 16.5. The Bertz CT molecular complexity index is 468. The molecule has 0 spiro atoms. The number of ether oxygens (including phenoxy) is 1. The average molecular weight is 268 g/mol. The topological polar surface area (TPSA) is 104 Å². The van der Waals surface area contributed by atoms with Gasteiger partial charge in [-0.2, -0.15) is 0 Å². The molecule has 0 aliphatic carbocycles. The minimum Gasteiger partial charge on any atom is -0.494 e. The molecular formula is C13H16O6. The minimum atomic E-state index is -1.69. The smallest absolute Gasteiger partial charge is 0.337 e. The third-order valence-corrected chi connectivity index (χ3v) is 2.57. The van der Waals surface area contributed by atoms with Gasteiger partial charge in [0.1, 0.15) is 5.75 Å². The van der Waals surface area contributed by atoms with E-state index in [1.54, 1.807) is 19.1 Å². The van der Waals surface area contributed by atoms with E-state index in [0.29, 0.717) is 17.9 Å². The molecule has 0 amide bonds. The number of rotatable bonds is 7. The van der Waals surface area contributed by atoms with Gasteiger partial charge in [0, 0.05) is 6.42 Å². The molecule has 0 bridgehead atoms. The largest absolute Gasteiger partial charge is 0.494 e. The van der Waals surface area contributed by atoms with Crippen LogP contribution in [0, 0.1) is 0 Å². The first-order valence-electron chi connectivity index (χ1n) is 5.84. The molecule has 0 radical (unpaired) electrons. The van der Waals surface area contributed by atoms with Crippen LogP contribution in [0.2, 0.25) is 0 Å². The number of carboxylic acids is 2. The molecule has 1 rings (SSSR count). The number of carboxylic acid groups (broad SMARTS) is 2. The maximum Gasteiger partial charge on any atom is 0.337 e. The summed E-state index contributed by atoms with van der Waals surface area (Å²) in [6.07, 6.45) is -1.67. The Labute approximate surface area is 110 Å². The number of aliphatic carboxylic acids is 2. The van der Waals surface area contributed by atoms with Crippen LogP contribution in [0.1, 0.15) is 30.6 Å². The van der Waals surface area contributed by atoms with Gasteiger partial charge in [-0.15, -0.1) is 0 Å². The van der Waals surface area contributed by atoms with Crippen molar-refractivity contribution in [2.75, 3.05) is 6.61 Å². The van der Waals surface area contributed by atoms with Crippen LogP contribution in [0.3, 0.4) is 0 Å². The van der Waals surface area contributed by atoms with Crippen LogP contribution in [0.4, 0.5) is 0 Å². The van der Waals surface area contributed by atoms with Crippen molar-refractivity contribution in [3.05, 3.63) is 29.3 Å². The lowest BCUT2D eigenvalue weighted by atomic mass is 9.98. The van der Waals surface area contributed by atoms with Crippen molar-refractivity contribution in [2.24, 2.45) is 0 Å². The molecule has 1 atom stereocenters. The number of carbonyl (C=O) groups is 2. The van der Waals surface area contributed by atoms with Gasteiger partial charge in [0.05, 0.1) is 6.61 Å². The van der Waals surface area contributed by atoms with Gasteiger partial charge in [-0.1, -0.05) is 6.07 Å². The Balaban J connectivity index is 3.06. The zero-order chi connectivity index (χ0) is 14.4. The van der Waals surface area contributed by atoms with E-state index in [2.05, 4.69) is 0 Å². The van der Waals surface area contributed by atoms with E-state index in [0.717, 1.165) is 0 Å². The van der Waals surface area contributed by atoms with Crippen LogP contribution < -0.4 is 4.74 Å².